The van der Waals surface area contributed by atoms with Crippen LogP contribution in [0.1, 0.15) is 6.42 Å². The lowest BCUT2D eigenvalue weighted by molar-refractivity contribution is -0.385. The van der Waals surface area contributed by atoms with Gasteiger partial charge in [0.15, 0.2) is 9.84 Å². The fraction of sp³-hybridized carbons (Fsp3) is 0.455. The fourth-order valence-corrected chi connectivity index (χ4v) is 3.05. The number of nitrogens with zero attached hydrogens (tertiary/aromatic N) is 2. The first-order valence-electron chi connectivity index (χ1n) is 5.70. The monoisotopic (exact) mass is 286 g/mol. The van der Waals surface area contributed by atoms with Crippen LogP contribution in [0.15, 0.2) is 23.1 Å². The predicted molar refractivity (Wildman–Crippen MR) is 69.0 cm³/mol. The molecule has 0 unspecified atom stereocenters. The molecule has 1 heterocycles. The van der Waals surface area contributed by atoms with Crippen molar-refractivity contribution in [1.82, 2.24) is 0 Å². The molecule has 104 valence electrons. The molecule has 1 saturated heterocycles. The summed E-state index contributed by atoms with van der Waals surface area (Å²) >= 11 is 0. The number of nitro groups is 1. The Balaban J connectivity index is 2.52. The third kappa shape index (κ3) is 2.85. The SMILES string of the molecule is CS(=O)(=O)c1cc([N+](=O)[O-])ccc1N1CC[C@@H](O)C1. The Morgan fingerprint density at radius 1 is 1.47 bits per heavy atom. The van der Waals surface area contributed by atoms with E-state index in [1.54, 1.807) is 4.90 Å². The lowest BCUT2D eigenvalue weighted by Crippen LogP contribution is -2.23. The second-order valence-electron chi connectivity index (χ2n) is 4.57. The summed E-state index contributed by atoms with van der Waals surface area (Å²) < 4.78 is 23.5. The van der Waals surface area contributed by atoms with Gasteiger partial charge in [0, 0.05) is 31.5 Å². The number of hydrogen-bond acceptors (Lipinski definition) is 6. The van der Waals surface area contributed by atoms with Crippen molar-refractivity contribution >= 4 is 21.2 Å². The molecule has 19 heavy (non-hydrogen) atoms. The lowest BCUT2D eigenvalue weighted by Gasteiger charge is -2.20. The zero-order valence-corrected chi connectivity index (χ0v) is 11.1. The van der Waals surface area contributed by atoms with Crippen molar-refractivity contribution in [2.24, 2.45) is 0 Å². The van der Waals surface area contributed by atoms with Crippen molar-refractivity contribution in [3.05, 3.63) is 28.3 Å². The van der Waals surface area contributed by atoms with E-state index in [0.717, 1.165) is 12.3 Å². The molecule has 2 rings (SSSR count). The van der Waals surface area contributed by atoms with Crippen molar-refractivity contribution in [3.8, 4) is 0 Å². The van der Waals surface area contributed by atoms with Gasteiger partial charge in [-0.1, -0.05) is 0 Å². The van der Waals surface area contributed by atoms with Crippen LogP contribution in [0.5, 0.6) is 0 Å². The van der Waals surface area contributed by atoms with Crippen molar-refractivity contribution in [2.75, 3.05) is 24.2 Å². The van der Waals surface area contributed by atoms with Crippen LogP contribution in [-0.2, 0) is 9.84 Å². The van der Waals surface area contributed by atoms with Crippen LogP contribution in [0, 0.1) is 10.1 Å². The molecule has 0 aliphatic carbocycles. The second-order valence-corrected chi connectivity index (χ2v) is 6.55. The van der Waals surface area contributed by atoms with Crippen molar-refractivity contribution < 1.29 is 18.4 Å². The predicted octanol–water partition coefficient (Wildman–Crippen LogP) is 0.569. The molecule has 0 bridgehead atoms. The first-order valence-corrected chi connectivity index (χ1v) is 7.59. The van der Waals surface area contributed by atoms with Crippen LogP contribution in [0.25, 0.3) is 0 Å². The summed E-state index contributed by atoms with van der Waals surface area (Å²) in [6, 6.07) is 3.76. The molecule has 0 spiro atoms. The van der Waals surface area contributed by atoms with E-state index in [-0.39, 0.29) is 10.6 Å². The molecule has 0 saturated carbocycles. The van der Waals surface area contributed by atoms with Crippen LogP contribution >= 0.6 is 0 Å². The number of sulfone groups is 1. The zero-order chi connectivity index (χ0) is 14.2. The van der Waals surface area contributed by atoms with E-state index in [1.165, 1.54) is 12.1 Å². The summed E-state index contributed by atoms with van der Waals surface area (Å²) in [6.07, 6.45) is 1.07. The maximum absolute atomic E-state index is 11.8. The number of non-ortho nitro benzene ring substituents is 1. The van der Waals surface area contributed by atoms with E-state index in [2.05, 4.69) is 0 Å². The van der Waals surface area contributed by atoms with Gasteiger partial charge in [0.05, 0.1) is 21.6 Å². The van der Waals surface area contributed by atoms with Gasteiger partial charge in [0.25, 0.3) is 5.69 Å². The van der Waals surface area contributed by atoms with Crippen LogP contribution in [-0.4, -0.2) is 43.9 Å². The van der Waals surface area contributed by atoms with Crippen LogP contribution in [0.3, 0.4) is 0 Å². The Morgan fingerprint density at radius 3 is 2.63 bits per heavy atom. The molecule has 1 fully saturated rings. The minimum atomic E-state index is -3.57. The number of nitro benzene ring substituents is 1. The van der Waals surface area contributed by atoms with Gasteiger partial charge >= 0.3 is 0 Å². The van der Waals surface area contributed by atoms with E-state index >= 15 is 0 Å². The lowest BCUT2D eigenvalue weighted by atomic mass is 10.2. The maximum atomic E-state index is 11.8. The maximum Gasteiger partial charge on any atom is 0.270 e. The fourth-order valence-electron chi connectivity index (χ4n) is 2.14. The van der Waals surface area contributed by atoms with Gasteiger partial charge in [-0.2, -0.15) is 0 Å². The number of aliphatic hydroxyl groups is 1. The largest absolute Gasteiger partial charge is 0.391 e. The zero-order valence-electron chi connectivity index (χ0n) is 10.3. The topological polar surface area (TPSA) is 101 Å². The smallest absolute Gasteiger partial charge is 0.270 e. The van der Waals surface area contributed by atoms with Crippen LogP contribution in [0.4, 0.5) is 11.4 Å². The van der Waals surface area contributed by atoms with Gasteiger partial charge in [0.1, 0.15) is 0 Å². The molecule has 1 atom stereocenters. The summed E-state index contributed by atoms with van der Waals surface area (Å²) in [5.74, 6) is 0. The summed E-state index contributed by atoms with van der Waals surface area (Å²) in [6.45, 7) is 0.863. The van der Waals surface area contributed by atoms with Crippen LogP contribution < -0.4 is 4.90 Å². The third-order valence-electron chi connectivity index (χ3n) is 3.06. The molecule has 0 amide bonds. The summed E-state index contributed by atoms with van der Waals surface area (Å²) in [5.41, 5.74) is 0.147. The number of anilines is 1. The number of β-amino-alcohol motifs (C(OH)–C–C–N with tert-alkyl or cyclic N) is 1. The molecule has 1 aliphatic heterocycles. The van der Waals surface area contributed by atoms with E-state index in [9.17, 15) is 23.6 Å². The Labute approximate surface area is 110 Å². The number of aliphatic hydroxyl groups excluding tert-OH is 1. The summed E-state index contributed by atoms with van der Waals surface area (Å²) in [4.78, 5) is 11.7. The number of benzene rings is 1. The highest BCUT2D eigenvalue weighted by atomic mass is 32.2. The molecule has 1 aromatic carbocycles. The average molecular weight is 286 g/mol. The third-order valence-corrected chi connectivity index (χ3v) is 4.18. The van der Waals surface area contributed by atoms with Crippen molar-refractivity contribution in [3.63, 3.8) is 0 Å². The van der Waals surface area contributed by atoms with E-state index < -0.39 is 20.9 Å². The van der Waals surface area contributed by atoms with Gasteiger partial charge in [-0.25, -0.2) is 8.42 Å². The van der Waals surface area contributed by atoms with Gasteiger partial charge in [-0.3, -0.25) is 10.1 Å². The molecule has 7 nitrogen and oxygen atoms in total. The highest BCUT2D eigenvalue weighted by Gasteiger charge is 2.26. The molecule has 1 aromatic rings. The number of hydrogen-bond donors (Lipinski definition) is 1. The second kappa shape index (κ2) is 4.78. The highest BCUT2D eigenvalue weighted by molar-refractivity contribution is 7.90. The molecular weight excluding hydrogens is 272 g/mol. The van der Waals surface area contributed by atoms with Gasteiger partial charge < -0.3 is 10.0 Å². The van der Waals surface area contributed by atoms with Gasteiger partial charge in [-0.05, 0) is 12.5 Å². The standard InChI is InChI=1S/C11H14N2O5S/c1-19(17,18)11-6-8(13(15)16)2-3-10(11)12-5-4-9(14)7-12/h2-3,6,9,14H,4-5,7H2,1H3/t9-/m1/s1. The van der Waals surface area contributed by atoms with Gasteiger partial charge in [-0.15, -0.1) is 0 Å². The van der Waals surface area contributed by atoms with E-state index in [4.69, 9.17) is 0 Å². The highest BCUT2D eigenvalue weighted by Crippen LogP contribution is 2.31. The summed E-state index contributed by atoms with van der Waals surface area (Å²) in [5, 5.41) is 20.2. The van der Waals surface area contributed by atoms with Crippen LogP contribution in [0.2, 0.25) is 0 Å². The molecule has 0 aromatic heterocycles. The Bertz CT molecular complexity index is 614. The van der Waals surface area contributed by atoms with Crippen molar-refractivity contribution in [2.45, 2.75) is 17.4 Å². The molecule has 0 radical (unpaired) electrons. The normalized spacial score (nSPS) is 19.7. The van der Waals surface area contributed by atoms with Gasteiger partial charge in [0.2, 0.25) is 0 Å². The molecular formula is C11H14N2O5S. The Hall–Kier alpha value is -1.67. The summed E-state index contributed by atoms with van der Waals surface area (Å²) in [7, 11) is -3.57. The Kier molecular flexibility index (Phi) is 3.46. The van der Waals surface area contributed by atoms with Crippen molar-refractivity contribution in [1.29, 1.82) is 0 Å². The minimum Gasteiger partial charge on any atom is -0.391 e. The van der Waals surface area contributed by atoms with E-state index in [0.29, 0.717) is 25.2 Å². The average Bonchev–Trinajstić information content (AvgIpc) is 2.73. The Morgan fingerprint density at radius 2 is 2.16 bits per heavy atom. The quantitative estimate of drug-likeness (QED) is 0.644. The minimum absolute atomic E-state index is 0.0733. The first kappa shape index (κ1) is 13.8. The molecule has 8 heteroatoms. The number of rotatable bonds is 3. The first-order chi connectivity index (χ1) is 8.79. The van der Waals surface area contributed by atoms with E-state index in [1.807, 2.05) is 0 Å². The molecule has 1 N–H and O–H groups in total. The molecule has 1 aliphatic rings.